The molecule has 0 amide bonds. The van der Waals surface area contributed by atoms with Gasteiger partial charge in [0.2, 0.25) is 0 Å². The molecule has 3 rings (SSSR count). The summed E-state index contributed by atoms with van der Waals surface area (Å²) in [5.41, 5.74) is 2.36. The lowest BCUT2D eigenvalue weighted by Crippen LogP contribution is -2.36. The summed E-state index contributed by atoms with van der Waals surface area (Å²) in [5.74, 6) is 1.03. The summed E-state index contributed by atoms with van der Waals surface area (Å²) in [4.78, 5) is 2.26. The number of rotatable bonds is 2. The average molecular weight is 243 g/mol. The molecule has 0 atom stereocenters. The molecule has 1 aromatic carbocycles. The summed E-state index contributed by atoms with van der Waals surface area (Å²) >= 11 is 0. The highest BCUT2D eigenvalue weighted by atomic mass is 16.5. The number of ether oxygens (including phenoxy) is 1. The number of nitrogens with zero attached hydrogens (tertiary/aromatic N) is 3. The summed E-state index contributed by atoms with van der Waals surface area (Å²) in [6.07, 6.45) is 2.01. The van der Waals surface area contributed by atoms with Crippen LogP contribution in [0.25, 0.3) is 5.69 Å². The number of morpholine rings is 1. The number of hydrogen-bond donors (Lipinski definition) is 0. The van der Waals surface area contributed by atoms with Gasteiger partial charge in [0, 0.05) is 25.4 Å². The number of hydrogen-bond acceptors (Lipinski definition) is 3. The second-order valence-electron chi connectivity index (χ2n) is 4.55. The van der Waals surface area contributed by atoms with Gasteiger partial charge >= 0.3 is 0 Å². The van der Waals surface area contributed by atoms with E-state index in [0.717, 1.165) is 37.8 Å². The van der Waals surface area contributed by atoms with Crippen molar-refractivity contribution in [2.24, 2.45) is 0 Å². The standard InChI is InChI=1S/C14H17N3O/c1-12-2-4-13(5-3-12)17-7-6-14(15-17)16-8-10-18-11-9-16/h2-7H,8-11H2,1H3. The van der Waals surface area contributed by atoms with E-state index in [-0.39, 0.29) is 0 Å². The van der Waals surface area contributed by atoms with Crippen molar-refractivity contribution in [3.05, 3.63) is 42.1 Å². The number of benzene rings is 1. The smallest absolute Gasteiger partial charge is 0.151 e. The molecule has 1 aromatic heterocycles. The van der Waals surface area contributed by atoms with Crippen LogP contribution in [0.3, 0.4) is 0 Å². The van der Waals surface area contributed by atoms with Crippen LogP contribution in [0.2, 0.25) is 0 Å². The zero-order valence-electron chi connectivity index (χ0n) is 10.5. The van der Waals surface area contributed by atoms with Crippen molar-refractivity contribution >= 4 is 5.82 Å². The van der Waals surface area contributed by atoms with E-state index in [1.807, 2.05) is 10.9 Å². The first-order valence-electron chi connectivity index (χ1n) is 6.28. The van der Waals surface area contributed by atoms with Gasteiger partial charge in [-0.05, 0) is 19.1 Å². The third kappa shape index (κ3) is 2.24. The molecule has 1 fully saturated rings. The van der Waals surface area contributed by atoms with Crippen molar-refractivity contribution < 1.29 is 4.74 Å². The minimum atomic E-state index is 0.789. The highest BCUT2D eigenvalue weighted by Crippen LogP contribution is 2.15. The molecule has 0 unspecified atom stereocenters. The Morgan fingerprint density at radius 1 is 1.06 bits per heavy atom. The maximum Gasteiger partial charge on any atom is 0.151 e. The van der Waals surface area contributed by atoms with Gasteiger partial charge in [-0.1, -0.05) is 17.7 Å². The molecule has 0 aliphatic carbocycles. The van der Waals surface area contributed by atoms with Crippen molar-refractivity contribution in [3.8, 4) is 5.69 Å². The van der Waals surface area contributed by atoms with Gasteiger partial charge in [0.05, 0.1) is 18.9 Å². The Morgan fingerprint density at radius 2 is 1.78 bits per heavy atom. The minimum absolute atomic E-state index is 0.789. The second-order valence-corrected chi connectivity index (χ2v) is 4.55. The molecule has 1 saturated heterocycles. The van der Waals surface area contributed by atoms with E-state index < -0.39 is 0 Å². The van der Waals surface area contributed by atoms with Crippen molar-refractivity contribution in [1.29, 1.82) is 0 Å². The Kier molecular flexibility index (Phi) is 3.02. The lowest BCUT2D eigenvalue weighted by Gasteiger charge is -2.26. The molecule has 4 heteroatoms. The lowest BCUT2D eigenvalue weighted by atomic mass is 10.2. The van der Waals surface area contributed by atoms with Crippen molar-refractivity contribution in [1.82, 2.24) is 9.78 Å². The molecule has 1 aliphatic heterocycles. The van der Waals surface area contributed by atoms with Crippen LogP contribution in [0, 0.1) is 6.92 Å². The van der Waals surface area contributed by atoms with E-state index in [1.54, 1.807) is 0 Å². The number of aryl methyl sites for hydroxylation is 1. The molecular formula is C14H17N3O. The fourth-order valence-corrected chi connectivity index (χ4v) is 2.12. The molecular weight excluding hydrogens is 226 g/mol. The minimum Gasteiger partial charge on any atom is -0.378 e. The van der Waals surface area contributed by atoms with Crippen LogP contribution in [-0.4, -0.2) is 36.1 Å². The van der Waals surface area contributed by atoms with Crippen LogP contribution >= 0.6 is 0 Å². The molecule has 1 aliphatic rings. The van der Waals surface area contributed by atoms with E-state index in [4.69, 9.17) is 4.74 Å². The summed E-state index contributed by atoms with van der Waals surface area (Å²) in [6.45, 7) is 5.51. The van der Waals surface area contributed by atoms with Crippen LogP contribution in [-0.2, 0) is 4.74 Å². The SMILES string of the molecule is Cc1ccc(-n2ccc(N3CCOCC3)n2)cc1. The van der Waals surface area contributed by atoms with Gasteiger partial charge in [0.1, 0.15) is 0 Å². The second kappa shape index (κ2) is 4.82. The van der Waals surface area contributed by atoms with E-state index in [0.29, 0.717) is 0 Å². The summed E-state index contributed by atoms with van der Waals surface area (Å²) in [7, 11) is 0. The molecule has 2 heterocycles. The van der Waals surface area contributed by atoms with Crippen molar-refractivity contribution in [2.45, 2.75) is 6.92 Å². The normalized spacial score (nSPS) is 15.9. The largest absolute Gasteiger partial charge is 0.378 e. The Balaban J connectivity index is 1.82. The fourth-order valence-electron chi connectivity index (χ4n) is 2.12. The summed E-state index contributed by atoms with van der Waals surface area (Å²) < 4.78 is 7.27. The highest BCUT2D eigenvalue weighted by Gasteiger charge is 2.13. The third-order valence-electron chi connectivity index (χ3n) is 3.21. The predicted molar refractivity (Wildman–Crippen MR) is 71.3 cm³/mol. The number of anilines is 1. The Labute approximate surface area is 107 Å². The molecule has 18 heavy (non-hydrogen) atoms. The predicted octanol–water partition coefficient (Wildman–Crippen LogP) is 2.02. The van der Waals surface area contributed by atoms with Gasteiger partial charge in [-0.2, -0.15) is 5.10 Å². The summed E-state index contributed by atoms with van der Waals surface area (Å²) in [5, 5.41) is 4.62. The number of aromatic nitrogens is 2. The van der Waals surface area contributed by atoms with Gasteiger partial charge in [-0.25, -0.2) is 4.68 Å². The van der Waals surface area contributed by atoms with Gasteiger partial charge in [0.15, 0.2) is 5.82 Å². The highest BCUT2D eigenvalue weighted by molar-refractivity contribution is 5.41. The first-order chi connectivity index (χ1) is 8.83. The lowest BCUT2D eigenvalue weighted by molar-refractivity contribution is 0.122. The fraction of sp³-hybridized carbons (Fsp3) is 0.357. The van der Waals surface area contributed by atoms with Gasteiger partial charge in [-0.3, -0.25) is 0 Å². The maximum atomic E-state index is 5.35. The van der Waals surface area contributed by atoms with Crippen LogP contribution in [0.1, 0.15) is 5.56 Å². The van der Waals surface area contributed by atoms with Crippen LogP contribution in [0.4, 0.5) is 5.82 Å². The van der Waals surface area contributed by atoms with Crippen molar-refractivity contribution in [2.75, 3.05) is 31.2 Å². The van der Waals surface area contributed by atoms with Crippen LogP contribution in [0.15, 0.2) is 36.5 Å². The molecule has 0 spiro atoms. The summed E-state index contributed by atoms with van der Waals surface area (Å²) in [6, 6.07) is 10.4. The van der Waals surface area contributed by atoms with Crippen LogP contribution in [0.5, 0.6) is 0 Å². The maximum absolute atomic E-state index is 5.35. The Morgan fingerprint density at radius 3 is 2.50 bits per heavy atom. The van der Waals surface area contributed by atoms with E-state index in [1.165, 1.54) is 5.56 Å². The molecule has 94 valence electrons. The first-order valence-corrected chi connectivity index (χ1v) is 6.28. The Hall–Kier alpha value is -1.81. The topological polar surface area (TPSA) is 30.3 Å². The first kappa shape index (κ1) is 11.3. The van der Waals surface area contributed by atoms with E-state index in [9.17, 15) is 0 Å². The monoisotopic (exact) mass is 243 g/mol. The van der Waals surface area contributed by atoms with Gasteiger partial charge in [0.25, 0.3) is 0 Å². The molecule has 0 N–H and O–H groups in total. The zero-order valence-corrected chi connectivity index (χ0v) is 10.5. The molecule has 0 bridgehead atoms. The van der Waals surface area contributed by atoms with Gasteiger partial charge in [-0.15, -0.1) is 0 Å². The zero-order chi connectivity index (χ0) is 12.4. The molecule has 0 radical (unpaired) electrons. The van der Waals surface area contributed by atoms with Crippen LogP contribution < -0.4 is 4.90 Å². The molecule has 4 nitrogen and oxygen atoms in total. The third-order valence-corrected chi connectivity index (χ3v) is 3.21. The molecule has 0 saturated carbocycles. The Bertz CT molecular complexity index is 512. The van der Waals surface area contributed by atoms with Gasteiger partial charge < -0.3 is 9.64 Å². The van der Waals surface area contributed by atoms with E-state index in [2.05, 4.69) is 47.3 Å². The van der Waals surface area contributed by atoms with Crippen molar-refractivity contribution in [3.63, 3.8) is 0 Å². The molecule has 2 aromatic rings. The average Bonchev–Trinajstić information content (AvgIpc) is 2.90. The quantitative estimate of drug-likeness (QED) is 0.808. The van der Waals surface area contributed by atoms with E-state index >= 15 is 0 Å².